The first-order valence-electron chi connectivity index (χ1n) is 4.64. The molecule has 0 bridgehead atoms. The van der Waals surface area contributed by atoms with Gasteiger partial charge in [-0.2, -0.15) is 0 Å². The molecule has 0 aliphatic rings. The molecule has 0 aromatic carbocycles. The fraction of sp³-hybridized carbons (Fsp3) is 0.444. The average Bonchev–Trinajstić information content (AvgIpc) is 2.23. The average molecular weight is 289 g/mol. The predicted octanol–water partition coefficient (Wildman–Crippen LogP) is 0.421. The first kappa shape index (κ1) is 12.7. The van der Waals surface area contributed by atoms with Gasteiger partial charge in [0.15, 0.2) is 0 Å². The SMILES string of the molecule is CC(Nc1nc[nH]c(=O)c1Br)C(=O)N(C)C. The number of aromatic amines is 1. The van der Waals surface area contributed by atoms with Crippen LogP contribution in [0.4, 0.5) is 5.82 Å². The molecule has 2 N–H and O–H groups in total. The van der Waals surface area contributed by atoms with Crippen molar-refractivity contribution in [3.63, 3.8) is 0 Å². The molecule has 1 atom stereocenters. The lowest BCUT2D eigenvalue weighted by Crippen LogP contribution is -2.37. The zero-order valence-electron chi connectivity index (χ0n) is 9.24. The molecule has 6 nitrogen and oxygen atoms in total. The predicted molar refractivity (Wildman–Crippen MR) is 64.3 cm³/mol. The second-order valence-corrected chi connectivity index (χ2v) is 4.29. The number of carbonyl (C=O) groups excluding carboxylic acids is 1. The molecule has 1 aromatic heterocycles. The highest BCUT2D eigenvalue weighted by Gasteiger charge is 2.16. The number of nitrogens with zero attached hydrogens (tertiary/aromatic N) is 2. The fourth-order valence-electron chi connectivity index (χ4n) is 1.14. The number of amides is 1. The number of hydrogen-bond acceptors (Lipinski definition) is 4. The summed E-state index contributed by atoms with van der Waals surface area (Å²) in [4.78, 5) is 30.6. The lowest BCUT2D eigenvalue weighted by atomic mass is 10.3. The van der Waals surface area contributed by atoms with Crippen molar-refractivity contribution >= 4 is 27.7 Å². The van der Waals surface area contributed by atoms with Crippen molar-refractivity contribution in [1.82, 2.24) is 14.9 Å². The highest BCUT2D eigenvalue weighted by molar-refractivity contribution is 9.10. The summed E-state index contributed by atoms with van der Waals surface area (Å²) in [6.07, 6.45) is 1.28. The lowest BCUT2D eigenvalue weighted by molar-refractivity contribution is -0.129. The lowest BCUT2D eigenvalue weighted by Gasteiger charge is -2.18. The number of anilines is 1. The van der Waals surface area contributed by atoms with E-state index < -0.39 is 6.04 Å². The number of carbonyl (C=O) groups is 1. The van der Waals surface area contributed by atoms with Gasteiger partial charge in [0.25, 0.3) is 5.56 Å². The number of aromatic nitrogens is 2. The number of rotatable bonds is 3. The number of likely N-dealkylation sites (N-methyl/N-ethyl adjacent to an activating group) is 1. The minimum absolute atomic E-state index is 0.0889. The van der Waals surface area contributed by atoms with Gasteiger partial charge >= 0.3 is 0 Å². The number of nitrogens with one attached hydrogen (secondary N) is 2. The van der Waals surface area contributed by atoms with Crippen LogP contribution in [0.3, 0.4) is 0 Å². The molecule has 0 aliphatic heterocycles. The maximum absolute atomic E-state index is 11.6. The van der Waals surface area contributed by atoms with Crippen molar-refractivity contribution in [2.75, 3.05) is 19.4 Å². The van der Waals surface area contributed by atoms with Crippen molar-refractivity contribution in [2.45, 2.75) is 13.0 Å². The van der Waals surface area contributed by atoms with Crippen LogP contribution in [-0.2, 0) is 4.79 Å². The van der Waals surface area contributed by atoms with E-state index in [2.05, 4.69) is 31.2 Å². The molecule has 0 fully saturated rings. The van der Waals surface area contributed by atoms with Crippen LogP contribution in [0.2, 0.25) is 0 Å². The van der Waals surface area contributed by atoms with E-state index in [9.17, 15) is 9.59 Å². The number of hydrogen-bond donors (Lipinski definition) is 2. The van der Waals surface area contributed by atoms with Crippen molar-refractivity contribution in [2.24, 2.45) is 0 Å². The number of H-pyrrole nitrogens is 1. The van der Waals surface area contributed by atoms with E-state index in [4.69, 9.17) is 0 Å². The summed E-state index contributed by atoms with van der Waals surface area (Å²) in [5.41, 5.74) is -0.290. The molecule has 88 valence electrons. The minimum atomic E-state index is -0.444. The van der Waals surface area contributed by atoms with E-state index >= 15 is 0 Å². The van der Waals surface area contributed by atoms with Crippen LogP contribution in [0.25, 0.3) is 0 Å². The third kappa shape index (κ3) is 2.82. The molecule has 1 heterocycles. The van der Waals surface area contributed by atoms with Gasteiger partial charge in [0.05, 0.1) is 6.33 Å². The Morgan fingerprint density at radius 3 is 2.81 bits per heavy atom. The summed E-state index contributed by atoms with van der Waals surface area (Å²) in [7, 11) is 3.33. The zero-order chi connectivity index (χ0) is 12.3. The van der Waals surface area contributed by atoms with Gasteiger partial charge in [0.1, 0.15) is 16.3 Å². The largest absolute Gasteiger partial charge is 0.357 e. The van der Waals surface area contributed by atoms with Gasteiger partial charge in [-0.05, 0) is 22.9 Å². The van der Waals surface area contributed by atoms with Crippen molar-refractivity contribution in [3.8, 4) is 0 Å². The van der Waals surface area contributed by atoms with Crippen LogP contribution in [0.15, 0.2) is 15.6 Å². The Morgan fingerprint density at radius 2 is 2.25 bits per heavy atom. The van der Waals surface area contributed by atoms with Crippen LogP contribution in [-0.4, -0.2) is 40.9 Å². The molecular weight excluding hydrogens is 276 g/mol. The summed E-state index contributed by atoms with van der Waals surface area (Å²) >= 11 is 3.10. The van der Waals surface area contributed by atoms with Crippen molar-refractivity contribution in [1.29, 1.82) is 0 Å². The highest BCUT2D eigenvalue weighted by Crippen LogP contribution is 2.14. The molecule has 1 amide bonds. The molecule has 7 heteroatoms. The van der Waals surface area contributed by atoms with E-state index in [1.54, 1.807) is 21.0 Å². The van der Waals surface area contributed by atoms with E-state index in [0.29, 0.717) is 5.82 Å². The van der Waals surface area contributed by atoms with Gasteiger partial charge in [-0.15, -0.1) is 0 Å². The van der Waals surface area contributed by atoms with Gasteiger partial charge in [-0.25, -0.2) is 4.98 Å². The quantitative estimate of drug-likeness (QED) is 0.845. The first-order chi connectivity index (χ1) is 7.43. The molecule has 0 saturated carbocycles. The molecule has 16 heavy (non-hydrogen) atoms. The smallest absolute Gasteiger partial charge is 0.267 e. The van der Waals surface area contributed by atoms with Crippen LogP contribution < -0.4 is 10.9 Å². The van der Waals surface area contributed by atoms with Crippen LogP contribution in [0.1, 0.15) is 6.92 Å². The summed E-state index contributed by atoms with van der Waals surface area (Å²) in [6, 6.07) is -0.444. The second-order valence-electron chi connectivity index (χ2n) is 3.49. The number of halogens is 1. The van der Waals surface area contributed by atoms with Crippen molar-refractivity contribution in [3.05, 3.63) is 21.2 Å². The maximum atomic E-state index is 11.6. The Morgan fingerprint density at radius 1 is 1.62 bits per heavy atom. The standard InChI is InChI=1S/C9H13BrN4O2/c1-5(9(16)14(2)3)13-7-6(10)8(15)12-4-11-7/h4-5H,1-3H3,(H2,11,12,13,15). The zero-order valence-corrected chi connectivity index (χ0v) is 10.8. The van der Waals surface area contributed by atoms with E-state index in [1.165, 1.54) is 11.2 Å². The summed E-state index contributed by atoms with van der Waals surface area (Å²) in [5.74, 6) is 0.264. The fourth-order valence-corrected chi connectivity index (χ4v) is 1.47. The Labute approximate surface area is 101 Å². The topological polar surface area (TPSA) is 78.1 Å². The monoisotopic (exact) mass is 288 g/mol. The van der Waals surface area contributed by atoms with E-state index in [0.717, 1.165) is 0 Å². The molecule has 1 aromatic rings. The molecular formula is C9H13BrN4O2. The van der Waals surface area contributed by atoms with Gasteiger partial charge in [0, 0.05) is 14.1 Å². The van der Waals surface area contributed by atoms with Gasteiger partial charge < -0.3 is 15.2 Å². The Balaban J connectivity index is 2.85. The third-order valence-electron chi connectivity index (χ3n) is 1.96. The molecule has 1 unspecified atom stereocenters. The molecule has 0 aliphatic carbocycles. The minimum Gasteiger partial charge on any atom is -0.357 e. The molecule has 0 spiro atoms. The molecule has 0 radical (unpaired) electrons. The summed E-state index contributed by atoms with van der Waals surface area (Å²) in [6.45, 7) is 1.71. The van der Waals surface area contributed by atoms with Crippen molar-refractivity contribution < 1.29 is 4.79 Å². The Hall–Kier alpha value is -1.37. The van der Waals surface area contributed by atoms with E-state index in [-0.39, 0.29) is 15.9 Å². The normalized spacial score (nSPS) is 12.0. The second kappa shape index (κ2) is 5.11. The Bertz CT molecular complexity index is 443. The molecule has 0 saturated heterocycles. The highest BCUT2D eigenvalue weighted by atomic mass is 79.9. The van der Waals surface area contributed by atoms with Gasteiger partial charge in [-0.1, -0.05) is 0 Å². The first-order valence-corrected chi connectivity index (χ1v) is 5.43. The summed E-state index contributed by atoms with van der Waals surface area (Å²) in [5, 5.41) is 2.86. The Kier molecular flexibility index (Phi) is 4.05. The molecule has 1 rings (SSSR count). The maximum Gasteiger partial charge on any atom is 0.267 e. The van der Waals surface area contributed by atoms with Gasteiger partial charge in [0.2, 0.25) is 5.91 Å². The summed E-state index contributed by atoms with van der Waals surface area (Å²) < 4.78 is 0.286. The van der Waals surface area contributed by atoms with Gasteiger partial charge in [-0.3, -0.25) is 9.59 Å². The van der Waals surface area contributed by atoms with E-state index in [1.807, 2.05) is 0 Å². The third-order valence-corrected chi connectivity index (χ3v) is 2.70. The van der Waals surface area contributed by atoms with Crippen LogP contribution in [0, 0.1) is 0 Å². The van der Waals surface area contributed by atoms with Crippen LogP contribution >= 0.6 is 15.9 Å². The van der Waals surface area contributed by atoms with Crippen LogP contribution in [0.5, 0.6) is 0 Å².